The third-order valence-electron chi connectivity index (χ3n) is 4.96. The van der Waals surface area contributed by atoms with E-state index in [1.807, 2.05) is 45.0 Å². The molecule has 29 heavy (non-hydrogen) atoms. The van der Waals surface area contributed by atoms with Crippen molar-refractivity contribution in [2.45, 2.75) is 58.5 Å². The lowest BCUT2D eigenvalue weighted by Crippen LogP contribution is -2.43. The predicted molar refractivity (Wildman–Crippen MR) is 115 cm³/mol. The number of hydrogen-bond acceptors (Lipinski definition) is 5. The number of thiazole rings is 1. The minimum absolute atomic E-state index is 0.00906. The Bertz CT molecular complexity index is 832. The van der Waals surface area contributed by atoms with Crippen LogP contribution < -0.4 is 15.4 Å². The molecule has 0 spiro atoms. The number of hydrogen-bond donors (Lipinski definition) is 2. The van der Waals surface area contributed by atoms with Crippen LogP contribution in [0.15, 0.2) is 29.6 Å². The van der Waals surface area contributed by atoms with Gasteiger partial charge >= 0.3 is 0 Å². The number of amides is 2. The largest absolute Gasteiger partial charge is 0.494 e. The van der Waals surface area contributed by atoms with Crippen LogP contribution in [0, 0.1) is 5.92 Å². The molecule has 1 fully saturated rings. The fraction of sp³-hybridized carbons (Fsp3) is 0.500. The van der Waals surface area contributed by atoms with Crippen molar-refractivity contribution >= 4 is 23.2 Å². The van der Waals surface area contributed by atoms with Crippen molar-refractivity contribution in [2.24, 2.45) is 5.92 Å². The molecule has 2 atom stereocenters. The Morgan fingerprint density at radius 3 is 2.69 bits per heavy atom. The summed E-state index contributed by atoms with van der Waals surface area (Å²) in [6.07, 6.45) is 3.40. The Morgan fingerprint density at radius 1 is 1.24 bits per heavy atom. The number of rotatable bonds is 7. The molecule has 1 saturated carbocycles. The van der Waals surface area contributed by atoms with Gasteiger partial charge in [-0.1, -0.05) is 6.42 Å². The van der Waals surface area contributed by atoms with Crippen molar-refractivity contribution in [3.63, 3.8) is 0 Å². The molecule has 6 nitrogen and oxygen atoms in total. The zero-order valence-electron chi connectivity index (χ0n) is 17.2. The van der Waals surface area contributed by atoms with Gasteiger partial charge in [0, 0.05) is 28.9 Å². The van der Waals surface area contributed by atoms with Crippen molar-refractivity contribution in [2.75, 3.05) is 6.61 Å². The van der Waals surface area contributed by atoms with Crippen LogP contribution in [-0.2, 0) is 4.79 Å². The zero-order chi connectivity index (χ0) is 20.8. The molecular formula is C22H29N3O3S. The van der Waals surface area contributed by atoms with Crippen molar-refractivity contribution in [1.29, 1.82) is 0 Å². The van der Waals surface area contributed by atoms with Crippen LogP contribution >= 0.6 is 11.3 Å². The van der Waals surface area contributed by atoms with Gasteiger partial charge in [0.15, 0.2) is 0 Å². The van der Waals surface area contributed by atoms with E-state index in [0.29, 0.717) is 18.7 Å². The van der Waals surface area contributed by atoms with Gasteiger partial charge in [0.25, 0.3) is 5.91 Å². The summed E-state index contributed by atoms with van der Waals surface area (Å²) >= 11 is 1.45. The third kappa shape index (κ3) is 5.79. The molecule has 2 amide bonds. The molecule has 0 aliphatic heterocycles. The SMILES string of the molecule is CCOc1ccc(-c2nc(C(=O)NC3CCCC(C(=O)NC(C)C)C3)cs2)cc1. The Balaban J connectivity index is 1.59. The monoisotopic (exact) mass is 415 g/mol. The Hall–Kier alpha value is -2.41. The molecule has 2 aromatic rings. The molecule has 1 aliphatic carbocycles. The number of benzene rings is 1. The van der Waals surface area contributed by atoms with E-state index < -0.39 is 0 Å². The summed E-state index contributed by atoms with van der Waals surface area (Å²) in [5, 5.41) is 8.64. The van der Waals surface area contributed by atoms with Gasteiger partial charge in [-0.15, -0.1) is 11.3 Å². The van der Waals surface area contributed by atoms with E-state index >= 15 is 0 Å². The molecule has 1 aromatic heterocycles. The normalized spacial score (nSPS) is 19.0. The summed E-state index contributed by atoms with van der Waals surface area (Å²) in [6, 6.07) is 7.85. The van der Waals surface area contributed by atoms with Crippen molar-refractivity contribution in [1.82, 2.24) is 15.6 Å². The number of nitrogens with one attached hydrogen (secondary N) is 2. The first-order valence-corrected chi connectivity index (χ1v) is 11.1. The Labute approximate surface area is 176 Å². The molecule has 0 radical (unpaired) electrons. The highest BCUT2D eigenvalue weighted by molar-refractivity contribution is 7.13. The van der Waals surface area contributed by atoms with Crippen molar-refractivity contribution < 1.29 is 14.3 Å². The van der Waals surface area contributed by atoms with Gasteiger partial charge < -0.3 is 15.4 Å². The average molecular weight is 416 g/mol. The maximum atomic E-state index is 12.7. The number of carbonyl (C=O) groups excluding carboxylic acids is 2. The van der Waals surface area contributed by atoms with Crippen LogP contribution in [0.2, 0.25) is 0 Å². The standard InChI is InChI=1S/C22H29N3O3S/c1-4-28-18-10-8-15(9-11-18)22-25-19(13-29-22)21(27)24-17-7-5-6-16(12-17)20(26)23-14(2)3/h8-11,13-14,16-17H,4-7,12H2,1-3H3,(H,23,26)(H,24,27). The van der Waals surface area contributed by atoms with E-state index in [0.717, 1.165) is 35.6 Å². The minimum Gasteiger partial charge on any atom is -0.494 e. The maximum Gasteiger partial charge on any atom is 0.270 e. The number of aromatic nitrogens is 1. The fourth-order valence-electron chi connectivity index (χ4n) is 3.59. The minimum atomic E-state index is -0.173. The summed E-state index contributed by atoms with van der Waals surface area (Å²) in [5.74, 6) is 0.698. The summed E-state index contributed by atoms with van der Waals surface area (Å²) in [5.41, 5.74) is 1.38. The first-order chi connectivity index (χ1) is 14.0. The lowest BCUT2D eigenvalue weighted by atomic mass is 9.85. The van der Waals surface area contributed by atoms with Crippen LogP contribution in [0.25, 0.3) is 10.6 Å². The summed E-state index contributed by atoms with van der Waals surface area (Å²) < 4.78 is 5.46. The molecule has 2 N–H and O–H groups in total. The summed E-state index contributed by atoms with van der Waals surface area (Å²) in [7, 11) is 0. The third-order valence-corrected chi connectivity index (χ3v) is 5.85. The van der Waals surface area contributed by atoms with E-state index in [2.05, 4.69) is 15.6 Å². The van der Waals surface area contributed by atoms with Crippen molar-refractivity contribution in [3.8, 4) is 16.3 Å². The van der Waals surface area contributed by atoms with Crippen LogP contribution in [0.1, 0.15) is 56.9 Å². The Kier molecular flexibility index (Phi) is 7.25. The van der Waals surface area contributed by atoms with Crippen molar-refractivity contribution in [3.05, 3.63) is 35.3 Å². The van der Waals surface area contributed by atoms with E-state index in [9.17, 15) is 9.59 Å². The molecule has 7 heteroatoms. The number of carbonyl (C=O) groups is 2. The van der Waals surface area contributed by atoms with E-state index in [4.69, 9.17) is 4.74 Å². The summed E-state index contributed by atoms with van der Waals surface area (Å²) in [6.45, 7) is 6.50. The molecule has 2 unspecified atom stereocenters. The van der Waals surface area contributed by atoms with Crippen LogP contribution in [-0.4, -0.2) is 35.5 Å². The first kappa shape index (κ1) is 21.3. The summed E-state index contributed by atoms with van der Waals surface area (Å²) in [4.78, 5) is 29.5. The first-order valence-electron chi connectivity index (χ1n) is 10.3. The number of ether oxygens (including phenoxy) is 1. The fourth-order valence-corrected chi connectivity index (χ4v) is 4.40. The quantitative estimate of drug-likeness (QED) is 0.716. The molecule has 0 bridgehead atoms. The average Bonchev–Trinajstić information content (AvgIpc) is 3.19. The van der Waals surface area contributed by atoms with Gasteiger partial charge in [0.2, 0.25) is 5.91 Å². The smallest absolute Gasteiger partial charge is 0.270 e. The van der Waals surface area contributed by atoms with Gasteiger partial charge in [0.05, 0.1) is 6.61 Å². The van der Waals surface area contributed by atoms with Gasteiger partial charge in [-0.25, -0.2) is 4.98 Å². The second kappa shape index (κ2) is 9.87. The van der Waals surface area contributed by atoms with E-state index in [1.165, 1.54) is 11.3 Å². The highest BCUT2D eigenvalue weighted by Gasteiger charge is 2.29. The van der Waals surface area contributed by atoms with Crippen LogP contribution in [0.5, 0.6) is 5.75 Å². The molecule has 1 heterocycles. The van der Waals surface area contributed by atoms with E-state index in [1.54, 1.807) is 5.38 Å². The van der Waals surface area contributed by atoms with Gasteiger partial charge in [-0.05, 0) is 64.3 Å². The second-order valence-corrected chi connectivity index (χ2v) is 8.55. The molecular weight excluding hydrogens is 386 g/mol. The molecule has 1 aliphatic rings. The topological polar surface area (TPSA) is 80.3 Å². The highest BCUT2D eigenvalue weighted by Crippen LogP contribution is 2.27. The Morgan fingerprint density at radius 2 is 2.00 bits per heavy atom. The van der Waals surface area contributed by atoms with Gasteiger partial charge in [-0.3, -0.25) is 9.59 Å². The predicted octanol–water partition coefficient (Wildman–Crippen LogP) is 4.02. The van der Waals surface area contributed by atoms with Gasteiger partial charge in [-0.2, -0.15) is 0 Å². The lowest BCUT2D eigenvalue weighted by Gasteiger charge is -2.29. The lowest BCUT2D eigenvalue weighted by molar-refractivity contribution is -0.126. The molecule has 0 saturated heterocycles. The van der Waals surface area contributed by atoms with Crippen LogP contribution in [0.4, 0.5) is 0 Å². The maximum absolute atomic E-state index is 12.7. The van der Waals surface area contributed by atoms with Crippen LogP contribution in [0.3, 0.4) is 0 Å². The molecule has 3 rings (SSSR count). The highest BCUT2D eigenvalue weighted by atomic mass is 32.1. The second-order valence-electron chi connectivity index (χ2n) is 7.69. The molecule has 156 valence electrons. The van der Waals surface area contributed by atoms with E-state index in [-0.39, 0.29) is 29.8 Å². The zero-order valence-corrected chi connectivity index (χ0v) is 18.1. The van der Waals surface area contributed by atoms with Gasteiger partial charge in [0.1, 0.15) is 16.5 Å². The molecule has 1 aromatic carbocycles. The number of nitrogens with zero attached hydrogens (tertiary/aromatic N) is 1.